The van der Waals surface area contributed by atoms with Crippen LogP contribution in [0.5, 0.6) is 0 Å². The molecule has 1 aromatic rings. The molecule has 8 heteroatoms. The van der Waals surface area contributed by atoms with Crippen LogP contribution in [0.4, 0.5) is 4.39 Å². The number of fused-ring (bicyclic) bond motifs is 1. The van der Waals surface area contributed by atoms with Crippen molar-refractivity contribution < 1.29 is 17.5 Å². The Kier molecular flexibility index (Phi) is 4.44. The number of halogens is 2. The van der Waals surface area contributed by atoms with Crippen molar-refractivity contribution in [1.82, 2.24) is 9.21 Å². The summed E-state index contributed by atoms with van der Waals surface area (Å²) in [7, 11) is -1.94. The average molecular weight is 349 g/mol. The van der Waals surface area contributed by atoms with Gasteiger partial charge in [0.05, 0.1) is 12.7 Å². The second-order valence-electron chi connectivity index (χ2n) is 5.68. The van der Waals surface area contributed by atoms with E-state index in [1.807, 2.05) is 7.05 Å². The third-order valence-corrected chi connectivity index (χ3v) is 6.45. The number of rotatable bonds is 2. The number of benzene rings is 1. The van der Waals surface area contributed by atoms with E-state index in [0.29, 0.717) is 26.1 Å². The molecule has 5 nitrogen and oxygen atoms in total. The van der Waals surface area contributed by atoms with Gasteiger partial charge in [-0.25, -0.2) is 12.8 Å². The molecule has 0 aliphatic carbocycles. The lowest BCUT2D eigenvalue weighted by atomic mass is 10.0. The molecule has 0 N–H and O–H groups in total. The summed E-state index contributed by atoms with van der Waals surface area (Å²) < 4.78 is 46.4. The van der Waals surface area contributed by atoms with Crippen LogP contribution >= 0.6 is 11.6 Å². The highest BCUT2D eigenvalue weighted by Gasteiger charge is 2.40. The summed E-state index contributed by atoms with van der Waals surface area (Å²) >= 11 is 5.82. The normalized spacial score (nSPS) is 27.6. The summed E-state index contributed by atoms with van der Waals surface area (Å²) in [6, 6.07) is 3.58. The molecular formula is C14H18ClFN2O3S. The Morgan fingerprint density at radius 2 is 2.14 bits per heavy atom. The van der Waals surface area contributed by atoms with Gasteiger partial charge < -0.3 is 4.74 Å². The molecule has 2 fully saturated rings. The summed E-state index contributed by atoms with van der Waals surface area (Å²) in [6.07, 6.45) is 0.644. The third kappa shape index (κ3) is 2.88. The topological polar surface area (TPSA) is 49.9 Å². The molecule has 0 radical (unpaired) electrons. The minimum atomic E-state index is -3.90. The molecule has 2 aliphatic heterocycles. The van der Waals surface area contributed by atoms with Gasteiger partial charge in [0.1, 0.15) is 10.7 Å². The maximum absolute atomic E-state index is 13.9. The zero-order chi connectivity index (χ0) is 15.9. The lowest BCUT2D eigenvalue weighted by Gasteiger charge is -2.45. The smallest absolute Gasteiger partial charge is 0.246 e. The summed E-state index contributed by atoms with van der Waals surface area (Å²) in [4.78, 5) is 1.74. The van der Waals surface area contributed by atoms with Crippen LogP contribution < -0.4 is 0 Å². The van der Waals surface area contributed by atoms with E-state index in [-0.39, 0.29) is 22.1 Å². The van der Waals surface area contributed by atoms with Crippen LogP contribution in [0.2, 0.25) is 5.02 Å². The highest BCUT2D eigenvalue weighted by atomic mass is 35.5. The first-order valence-electron chi connectivity index (χ1n) is 7.16. The number of sulfonamides is 1. The molecule has 3 rings (SSSR count). The first-order chi connectivity index (χ1) is 10.4. The molecule has 22 heavy (non-hydrogen) atoms. The van der Waals surface area contributed by atoms with Crippen molar-refractivity contribution in [2.45, 2.75) is 23.5 Å². The zero-order valence-corrected chi connectivity index (χ0v) is 13.8. The van der Waals surface area contributed by atoms with Crippen LogP contribution in [0.15, 0.2) is 23.1 Å². The zero-order valence-electron chi connectivity index (χ0n) is 12.2. The van der Waals surface area contributed by atoms with Gasteiger partial charge in [-0.2, -0.15) is 4.31 Å². The van der Waals surface area contributed by atoms with Crippen LogP contribution in [0.1, 0.15) is 6.42 Å². The van der Waals surface area contributed by atoms with Gasteiger partial charge in [0.15, 0.2) is 0 Å². The molecule has 0 aromatic heterocycles. The Morgan fingerprint density at radius 3 is 2.91 bits per heavy atom. The van der Waals surface area contributed by atoms with E-state index in [4.69, 9.17) is 16.3 Å². The van der Waals surface area contributed by atoms with Crippen molar-refractivity contribution in [3.8, 4) is 0 Å². The van der Waals surface area contributed by atoms with Crippen molar-refractivity contribution >= 4 is 21.6 Å². The minimum absolute atomic E-state index is 0.000444. The quantitative estimate of drug-likeness (QED) is 0.814. The lowest BCUT2D eigenvalue weighted by Crippen LogP contribution is -2.59. The Morgan fingerprint density at radius 1 is 1.36 bits per heavy atom. The van der Waals surface area contributed by atoms with Gasteiger partial charge in [0.2, 0.25) is 10.0 Å². The Hall–Kier alpha value is -0.730. The van der Waals surface area contributed by atoms with Gasteiger partial charge in [-0.05, 0) is 31.7 Å². The number of hydrogen-bond acceptors (Lipinski definition) is 4. The molecule has 1 aromatic carbocycles. The minimum Gasteiger partial charge on any atom is -0.375 e. The number of ether oxygens (including phenoxy) is 1. The van der Waals surface area contributed by atoms with Crippen molar-refractivity contribution in [1.29, 1.82) is 0 Å². The molecule has 2 aliphatic rings. The fourth-order valence-electron chi connectivity index (χ4n) is 3.04. The van der Waals surface area contributed by atoms with Crippen molar-refractivity contribution in [2.24, 2.45) is 0 Å². The number of nitrogens with zero attached hydrogens (tertiary/aromatic N) is 2. The van der Waals surface area contributed by atoms with Gasteiger partial charge in [0, 0.05) is 30.7 Å². The first-order valence-corrected chi connectivity index (χ1v) is 8.98. The molecule has 0 spiro atoms. The summed E-state index contributed by atoms with van der Waals surface area (Å²) in [5.74, 6) is -0.778. The SMILES string of the molecule is CN1CCO[C@H]2CCN(S(=O)(=O)c3cc(Cl)ccc3F)C[C@H]21. The highest BCUT2D eigenvalue weighted by molar-refractivity contribution is 7.89. The second kappa shape index (κ2) is 6.05. The molecule has 2 heterocycles. The highest BCUT2D eigenvalue weighted by Crippen LogP contribution is 2.28. The second-order valence-corrected chi connectivity index (χ2v) is 8.03. The van der Waals surface area contributed by atoms with Gasteiger partial charge in [0.25, 0.3) is 0 Å². The molecule has 2 saturated heterocycles. The van der Waals surface area contributed by atoms with Crippen molar-refractivity contribution in [2.75, 3.05) is 33.3 Å². The Labute approximate surface area is 134 Å². The van der Waals surface area contributed by atoms with E-state index in [1.165, 1.54) is 16.4 Å². The number of hydrogen-bond donors (Lipinski definition) is 0. The fourth-order valence-corrected chi connectivity index (χ4v) is 4.84. The molecule has 2 atom stereocenters. The van der Waals surface area contributed by atoms with Gasteiger partial charge >= 0.3 is 0 Å². The Balaban J connectivity index is 1.88. The number of likely N-dealkylation sites (N-methyl/N-ethyl adjacent to an activating group) is 1. The molecule has 0 saturated carbocycles. The predicted octanol–water partition coefficient (Wildman–Crippen LogP) is 1.57. The molecule has 122 valence electrons. The lowest BCUT2D eigenvalue weighted by molar-refractivity contribution is -0.0840. The molecule has 0 bridgehead atoms. The van der Waals surface area contributed by atoms with Gasteiger partial charge in [-0.3, -0.25) is 4.90 Å². The summed E-state index contributed by atoms with van der Waals surface area (Å²) in [6.45, 7) is 2.05. The number of morpholine rings is 1. The van der Waals surface area contributed by atoms with Gasteiger partial charge in [-0.15, -0.1) is 0 Å². The number of piperidine rings is 1. The van der Waals surface area contributed by atoms with E-state index in [1.54, 1.807) is 0 Å². The summed E-state index contributed by atoms with van der Waals surface area (Å²) in [5.41, 5.74) is 0. The molecule has 0 amide bonds. The third-order valence-electron chi connectivity index (χ3n) is 4.34. The van der Waals surface area contributed by atoms with Crippen LogP contribution in [-0.4, -0.2) is 63.1 Å². The Bertz CT molecular complexity index is 670. The van der Waals surface area contributed by atoms with Crippen molar-refractivity contribution in [3.63, 3.8) is 0 Å². The predicted molar refractivity (Wildman–Crippen MR) is 80.9 cm³/mol. The largest absolute Gasteiger partial charge is 0.375 e. The monoisotopic (exact) mass is 348 g/mol. The van der Waals surface area contributed by atoms with Crippen LogP contribution in [0.25, 0.3) is 0 Å². The maximum atomic E-state index is 13.9. The van der Waals surface area contributed by atoms with E-state index < -0.39 is 15.8 Å². The van der Waals surface area contributed by atoms with Crippen molar-refractivity contribution in [3.05, 3.63) is 29.0 Å². The van der Waals surface area contributed by atoms with E-state index in [0.717, 1.165) is 12.6 Å². The van der Waals surface area contributed by atoms with Crippen LogP contribution in [0.3, 0.4) is 0 Å². The standard InChI is InChI=1S/C14H18ClFN2O3S/c1-17-6-7-21-13-4-5-18(9-12(13)17)22(19,20)14-8-10(15)2-3-11(14)16/h2-3,8,12-13H,4-7,9H2,1H3/t12-,13+/m1/s1. The summed E-state index contributed by atoms with van der Waals surface area (Å²) in [5, 5.41) is 0.202. The average Bonchev–Trinajstić information content (AvgIpc) is 2.49. The van der Waals surface area contributed by atoms with Crippen LogP contribution in [-0.2, 0) is 14.8 Å². The molecular weight excluding hydrogens is 331 g/mol. The van der Waals surface area contributed by atoms with E-state index in [9.17, 15) is 12.8 Å². The van der Waals surface area contributed by atoms with E-state index in [2.05, 4.69) is 4.90 Å². The van der Waals surface area contributed by atoms with Gasteiger partial charge in [-0.1, -0.05) is 11.6 Å². The first kappa shape index (κ1) is 16.1. The van der Waals surface area contributed by atoms with E-state index >= 15 is 0 Å². The fraction of sp³-hybridized carbons (Fsp3) is 0.571. The maximum Gasteiger partial charge on any atom is 0.246 e. The molecule has 0 unspecified atom stereocenters. The van der Waals surface area contributed by atoms with Crippen LogP contribution in [0, 0.1) is 5.82 Å².